The Labute approximate surface area is 113 Å². The first kappa shape index (κ1) is 13.2. The van der Waals surface area contributed by atoms with Gasteiger partial charge in [0.15, 0.2) is 0 Å². The fourth-order valence-electron chi connectivity index (χ4n) is 1.96. The van der Waals surface area contributed by atoms with Crippen LogP contribution in [0.25, 0.3) is 0 Å². The van der Waals surface area contributed by atoms with Gasteiger partial charge in [0.25, 0.3) is 5.91 Å². The predicted octanol–water partition coefficient (Wildman–Crippen LogP) is -1.24. The summed E-state index contributed by atoms with van der Waals surface area (Å²) in [5.41, 5.74) is -0.0700. The number of carboxylic acid groups (broad SMARTS) is 1. The number of amides is 2. The number of β-lactam (4-membered cyclic amide) rings is 1. The third kappa shape index (κ3) is 1.77. The number of rotatable bonds is 4. The van der Waals surface area contributed by atoms with E-state index in [1.54, 1.807) is 0 Å². The van der Waals surface area contributed by atoms with Gasteiger partial charge in [0.2, 0.25) is 6.41 Å². The van der Waals surface area contributed by atoms with Gasteiger partial charge in [-0.25, -0.2) is 4.79 Å². The highest BCUT2D eigenvalue weighted by atomic mass is 79.9. The monoisotopic (exact) mass is 336 g/mol. The summed E-state index contributed by atoms with van der Waals surface area (Å²) in [7, 11) is -1.58. The number of fused-ring (bicyclic) bond motifs is 1. The molecule has 9 heteroatoms. The minimum absolute atomic E-state index is 0.0700. The zero-order valence-corrected chi connectivity index (χ0v) is 11.3. The second-order valence-corrected chi connectivity index (χ2v) is 6.12. The summed E-state index contributed by atoms with van der Waals surface area (Å²) in [6.07, 6.45) is 1.57. The molecule has 0 aromatic carbocycles. The van der Waals surface area contributed by atoms with Gasteiger partial charge in [0.05, 0.1) is 21.6 Å². The van der Waals surface area contributed by atoms with Crippen molar-refractivity contribution in [2.24, 2.45) is 0 Å². The Hall–Kier alpha value is -1.22. The van der Waals surface area contributed by atoms with Crippen molar-refractivity contribution in [1.29, 1.82) is 0 Å². The number of aliphatic carboxylic acids is 1. The van der Waals surface area contributed by atoms with E-state index in [1.807, 2.05) is 0 Å². The number of carboxylic acids is 1. The first-order chi connectivity index (χ1) is 8.52. The standard InChI is InChI=1S/C9H9BrN2O5S/c10-1-5-4(9(15)16)2-12-7(14)6(11-3-13)8(12)18(5)17/h2-3,5-6,8H,1H2,(H,11,13)(H,15,16)/t5?,6?,8-,18?/m1/s1. The van der Waals surface area contributed by atoms with Crippen molar-refractivity contribution >= 4 is 45.0 Å². The molecule has 4 atom stereocenters. The molecule has 0 aromatic heterocycles. The number of nitrogens with one attached hydrogen (secondary N) is 1. The normalized spacial score (nSPS) is 34.2. The average Bonchev–Trinajstić information content (AvgIpc) is 2.34. The van der Waals surface area contributed by atoms with E-state index < -0.39 is 39.3 Å². The molecule has 98 valence electrons. The molecule has 1 saturated heterocycles. The maximum Gasteiger partial charge on any atom is 0.334 e. The molecule has 0 aliphatic carbocycles. The Morgan fingerprint density at radius 1 is 1.67 bits per heavy atom. The molecular weight excluding hydrogens is 328 g/mol. The molecule has 0 bridgehead atoms. The van der Waals surface area contributed by atoms with Gasteiger partial charge in [-0.15, -0.1) is 0 Å². The van der Waals surface area contributed by atoms with Crippen LogP contribution in [0.1, 0.15) is 0 Å². The van der Waals surface area contributed by atoms with Crippen LogP contribution in [0, 0.1) is 0 Å². The van der Waals surface area contributed by atoms with Crippen LogP contribution >= 0.6 is 15.9 Å². The predicted molar refractivity (Wildman–Crippen MR) is 65.1 cm³/mol. The van der Waals surface area contributed by atoms with Crippen molar-refractivity contribution in [3.63, 3.8) is 0 Å². The van der Waals surface area contributed by atoms with Gasteiger partial charge in [-0.3, -0.25) is 18.7 Å². The number of alkyl halides is 1. The van der Waals surface area contributed by atoms with Crippen LogP contribution in [0.4, 0.5) is 0 Å². The molecule has 18 heavy (non-hydrogen) atoms. The topological polar surface area (TPSA) is 104 Å². The molecule has 1 fully saturated rings. The second kappa shape index (κ2) is 4.81. The van der Waals surface area contributed by atoms with Crippen LogP contribution in [-0.4, -0.2) is 54.5 Å². The quantitative estimate of drug-likeness (QED) is 0.380. The largest absolute Gasteiger partial charge is 0.478 e. The van der Waals surface area contributed by atoms with Crippen molar-refractivity contribution in [3.8, 4) is 0 Å². The van der Waals surface area contributed by atoms with Crippen LogP contribution in [0.5, 0.6) is 0 Å². The second-order valence-electron chi connectivity index (χ2n) is 3.76. The first-order valence-electron chi connectivity index (χ1n) is 4.95. The SMILES string of the molecule is O=CNC1C(=O)N2C=C(C(=O)O)C(CBr)S(=O)[C@H]12. The summed E-state index contributed by atoms with van der Waals surface area (Å²) < 4.78 is 12.2. The van der Waals surface area contributed by atoms with E-state index in [2.05, 4.69) is 21.2 Å². The number of carbonyl (C=O) groups is 3. The van der Waals surface area contributed by atoms with Gasteiger partial charge in [0.1, 0.15) is 11.4 Å². The molecule has 2 aliphatic heterocycles. The van der Waals surface area contributed by atoms with Gasteiger partial charge in [-0.1, -0.05) is 15.9 Å². The molecule has 0 saturated carbocycles. The minimum atomic E-state index is -1.58. The Balaban J connectivity index is 2.35. The van der Waals surface area contributed by atoms with Crippen LogP contribution in [0.3, 0.4) is 0 Å². The lowest BCUT2D eigenvalue weighted by molar-refractivity contribution is -0.143. The molecular formula is C9H9BrN2O5S. The highest BCUT2D eigenvalue weighted by molar-refractivity contribution is 9.09. The molecule has 2 N–H and O–H groups in total. The summed E-state index contributed by atoms with van der Waals surface area (Å²) in [6, 6.07) is -0.837. The number of carbonyl (C=O) groups excluding carboxylic acids is 2. The summed E-state index contributed by atoms with van der Waals surface area (Å²) in [5, 5.41) is 10.1. The van der Waals surface area contributed by atoms with E-state index in [1.165, 1.54) is 6.20 Å². The van der Waals surface area contributed by atoms with E-state index >= 15 is 0 Å². The molecule has 2 heterocycles. The van der Waals surface area contributed by atoms with Gasteiger partial charge >= 0.3 is 5.97 Å². The maximum absolute atomic E-state index is 12.2. The van der Waals surface area contributed by atoms with Gasteiger partial charge < -0.3 is 10.4 Å². The molecule has 0 aromatic rings. The summed E-state index contributed by atoms with van der Waals surface area (Å²) in [5.74, 6) is -1.65. The van der Waals surface area contributed by atoms with Crippen molar-refractivity contribution in [2.45, 2.75) is 16.7 Å². The summed E-state index contributed by atoms with van der Waals surface area (Å²) in [6.45, 7) is 0. The fraction of sp³-hybridized carbons (Fsp3) is 0.444. The number of hydrogen-bond acceptors (Lipinski definition) is 4. The highest BCUT2D eigenvalue weighted by Crippen LogP contribution is 2.33. The Morgan fingerprint density at radius 3 is 2.83 bits per heavy atom. The minimum Gasteiger partial charge on any atom is -0.478 e. The van der Waals surface area contributed by atoms with E-state index in [0.717, 1.165) is 4.90 Å². The number of nitrogens with zero attached hydrogens (tertiary/aromatic N) is 1. The molecule has 0 radical (unpaired) electrons. The lowest BCUT2D eigenvalue weighted by atomic mass is 10.1. The molecule has 3 unspecified atom stereocenters. The van der Waals surface area contributed by atoms with Gasteiger partial charge in [-0.05, 0) is 0 Å². The zero-order valence-electron chi connectivity index (χ0n) is 8.91. The lowest BCUT2D eigenvalue weighted by Gasteiger charge is -2.47. The lowest BCUT2D eigenvalue weighted by Crippen LogP contribution is -2.72. The maximum atomic E-state index is 12.2. The smallest absolute Gasteiger partial charge is 0.334 e. The van der Waals surface area contributed by atoms with E-state index in [-0.39, 0.29) is 10.9 Å². The van der Waals surface area contributed by atoms with Crippen molar-refractivity contribution in [1.82, 2.24) is 10.2 Å². The van der Waals surface area contributed by atoms with Crippen molar-refractivity contribution in [3.05, 3.63) is 11.8 Å². The van der Waals surface area contributed by atoms with E-state index in [9.17, 15) is 18.6 Å². The fourth-order valence-corrected chi connectivity index (χ4v) is 4.82. The molecule has 2 amide bonds. The van der Waals surface area contributed by atoms with Crippen LogP contribution in [0.15, 0.2) is 11.8 Å². The summed E-state index contributed by atoms with van der Waals surface area (Å²) >= 11 is 3.12. The van der Waals surface area contributed by atoms with Crippen molar-refractivity contribution < 1.29 is 23.7 Å². The average molecular weight is 337 g/mol. The Kier molecular flexibility index (Phi) is 3.53. The van der Waals surface area contributed by atoms with E-state index in [0.29, 0.717) is 6.41 Å². The first-order valence-corrected chi connectivity index (χ1v) is 7.35. The molecule has 2 rings (SSSR count). The molecule has 0 spiro atoms. The molecule has 2 aliphatic rings. The van der Waals surface area contributed by atoms with Crippen LogP contribution < -0.4 is 5.32 Å². The van der Waals surface area contributed by atoms with Crippen LogP contribution in [0.2, 0.25) is 0 Å². The number of hydrogen-bond donors (Lipinski definition) is 2. The third-order valence-electron chi connectivity index (χ3n) is 2.86. The third-order valence-corrected chi connectivity index (χ3v) is 5.89. The molecule has 7 nitrogen and oxygen atoms in total. The van der Waals surface area contributed by atoms with Crippen molar-refractivity contribution in [2.75, 3.05) is 5.33 Å². The van der Waals surface area contributed by atoms with Gasteiger partial charge in [-0.2, -0.15) is 0 Å². The zero-order chi connectivity index (χ0) is 13.4. The number of halogens is 1. The van der Waals surface area contributed by atoms with Crippen LogP contribution in [-0.2, 0) is 25.2 Å². The highest BCUT2D eigenvalue weighted by Gasteiger charge is 2.55. The Morgan fingerprint density at radius 2 is 2.33 bits per heavy atom. The Bertz CT molecular complexity index is 480. The summed E-state index contributed by atoms with van der Waals surface area (Å²) in [4.78, 5) is 34.1. The van der Waals surface area contributed by atoms with Gasteiger partial charge in [0, 0.05) is 11.5 Å². The van der Waals surface area contributed by atoms with E-state index in [4.69, 9.17) is 5.11 Å².